The van der Waals surface area contributed by atoms with E-state index in [1.165, 1.54) is 18.2 Å². The molecule has 2 aromatic carbocycles. The van der Waals surface area contributed by atoms with Crippen LogP contribution in [0.4, 0.5) is 20.2 Å². The number of hydrogen-bond acceptors (Lipinski definition) is 4. The van der Waals surface area contributed by atoms with E-state index >= 15 is 0 Å². The number of carbonyl (C=O) groups excluding carboxylic acids is 1. The van der Waals surface area contributed by atoms with Crippen LogP contribution in [0.15, 0.2) is 47.4 Å². The number of anilines is 2. The molecule has 0 saturated carbocycles. The molecule has 9 heteroatoms. The fraction of sp³-hybridized carbons (Fsp3) is 0.0714. The van der Waals surface area contributed by atoms with Crippen LogP contribution in [-0.2, 0) is 14.8 Å². The van der Waals surface area contributed by atoms with Crippen molar-refractivity contribution in [2.45, 2.75) is 11.1 Å². The molecule has 6 nitrogen and oxygen atoms in total. The van der Waals surface area contributed by atoms with Crippen molar-refractivity contribution in [1.29, 1.82) is 0 Å². The number of sulfonamides is 1. The molecule has 0 unspecified atom stereocenters. The number of benzene rings is 2. The molecule has 0 aromatic heterocycles. The smallest absolute Gasteiger partial charge is 0.262 e. The quantitative estimate of drug-likeness (QED) is 0.776. The van der Waals surface area contributed by atoms with E-state index in [1.54, 1.807) is 12.1 Å². The number of halogens is 2. The molecule has 1 atom stereocenters. The Kier molecular flexibility index (Phi) is 3.74. The van der Waals surface area contributed by atoms with Gasteiger partial charge in [0.15, 0.2) is 17.8 Å². The summed E-state index contributed by atoms with van der Waals surface area (Å²) >= 11 is 0. The van der Waals surface area contributed by atoms with Crippen LogP contribution < -0.4 is 15.4 Å². The predicted octanol–water partition coefficient (Wildman–Crippen LogP) is 1.63. The Hall–Kier alpha value is -2.52. The molecule has 0 spiro atoms. The van der Waals surface area contributed by atoms with Crippen molar-refractivity contribution in [3.05, 3.63) is 54.1 Å². The minimum Gasteiger partial charge on any atom is -0.360 e. The van der Waals surface area contributed by atoms with Crippen LogP contribution in [0.1, 0.15) is 0 Å². The lowest BCUT2D eigenvalue weighted by molar-refractivity contribution is -0.117. The summed E-state index contributed by atoms with van der Waals surface area (Å²) in [6.45, 7) is 0. The van der Waals surface area contributed by atoms with Crippen molar-refractivity contribution in [3.63, 3.8) is 0 Å². The van der Waals surface area contributed by atoms with Crippen LogP contribution in [0.25, 0.3) is 0 Å². The minimum atomic E-state index is -3.85. The monoisotopic (exact) mass is 339 g/mol. The molecule has 3 N–H and O–H groups in total. The Labute approximate surface area is 130 Å². The van der Waals surface area contributed by atoms with Crippen LogP contribution in [0, 0.1) is 11.6 Å². The molecule has 0 aliphatic carbocycles. The van der Waals surface area contributed by atoms with Gasteiger partial charge in [-0.3, -0.25) is 4.79 Å². The molecule has 2 aromatic rings. The number of rotatable bonds is 2. The molecule has 1 aliphatic rings. The van der Waals surface area contributed by atoms with Gasteiger partial charge in [-0.1, -0.05) is 12.1 Å². The molecule has 1 aliphatic heterocycles. The van der Waals surface area contributed by atoms with Gasteiger partial charge in [-0.05, 0) is 24.3 Å². The average Bonchev–Trinajstić information content (AvgIpc) is 2.50. The fourth-order valence-electron chi connectivity index (χ4n) is 2.13. The molecule has 0 bridgehead atoms. The van der Waals surface area contributed by atoms with Crippen LogP contribution in [-0.4, -0.2) is 20.5 Å². The van der Waals surface area contributed by atoms with Gasteiger partial charge in [0.2, 0.25) is 10.0 Å². The molecule has 23 heavy (non-hydrogen) atoms. The van der Waals surface area contributed by atoms with E-state index in [1.807, 2.05) is 0 Å². The van der Waals surface area contributed by atoms with Gasteiger partial charge in [-0.25, -0.2) is 17.2 Å². The van der Waals surface area contributed by atoms with Crippen molar-refractivity contribution in [3.8, 4) is 0 Å². The van der Waals surface area contributed by atoms with E-state index in [-0.39, 0.29) is 16.3 Å². The first kappa shape index (κ1) is 15.4. The summed E-state index contributed by atoms with van der Waals surface area (Å²) in [7, 11) is -3.85. The maximum absolute atomic E-state index is 13.1. The Bertz CT molecular complexity index is 887. The molecule has 0 saturated heterocycles. The highest BCUT2D eigenvalue weighted by Gasteiger charge is 2.32. The summed E-state index contributed by atoms with van der Waals surface area (Å²) < 4.78 is 52.4. The summed E-state index contributed by atoms with van der Waals surface area (Å²) in [4.78, 5) is 12.2. The van der Waals surface area contributed by atoms with E-state index in [0.717, 1.165) is 12.1 Å². The first-order chi connectivity index (χ1) is 10.9. The maximum Gasteiger partial charge on any atom is 0.262 e. The summed E-state index contributed by atoms with van der Waals surface area (Å²) in [6, 6.07) is 8.93. The lowest BCUT2D eigenvalue weighted by atomic mass is 10.2. The number of amides is 1. The molecule has 0 radical (unpaired) electrons. The van der Waals surface area contributed by atoms with Crippen molar-refractivity contribution in [2.24, 2.45) is 0 Å². The van der Waals surface area contributed by atoms with Crippen molar-refractivity contribution in [1.82, 2.24) is 4.72 Å². The van der Waals surface area contributed by atoms with Gasteiger partial charge in [0.05, 0.1) is 5.69 Å². The number of para-hydroxylation sites is 1. The third kappa shape index (κ3) is 3.01. The molecular weight excluding hydrogens is 328 g/mol. The van der Waals surface area contributed by atoms with E-state index in [2.05, 4.69) is 15.4 Å². The SMILES string of the molecule is O=C(Nc1ccc(F)c(F)c1)[C@H]1Nc2ccccc2S(=O)(=O)N1. The van der Waals surface area contributed by atoms with Gasteiger partial charge in [0.1, 0.15) is 4.90 Å². The van der Waals surface area contributed by atoms with Crippen LogP contribution in [0.2, 0.25) is 0 Å². The molecule has 0 fully saturated rings. The third-order valence-corrected chi connectivity index (χ3v) is 4.68. The largest absolute Gasteiger partial charge is 0.360 e. The zero-order chi connectivity index (χ0) is 16.6. The van der Waals surface area contributed by atoms with Gasteiger partial charge in [0.25, 0.3) is 5.91 Å². The van der Waals surface area contributed by atoms with Gasteiger partial charge in [0, 0.05) is 11.8 Å². The number of fused-ring (bicyclic) bond motifs is 1. The normalized spacial score (nSPS) is 18.6. The van der Waals surface area contributed by atoms with Gasteiger partial charge in [-0.2, -0.15) is 4.72 Å². The topological polar surface area (TPSA) is 87.3 Å². The highest BCUT2D eigenvalue weighted by molar-refractivity contribution is 7.89. The maximum atomic E-state index is 13.1. The molecule has 3 rings (SSSR count). The van der Waals surface area contributed by atoms with Crippen LogP contribution in [0.3, 0.4) is 0 Å². The second-order valence-corrected chi connectivity index (χ2v) is 6.50. The molecule has 1 amide bonds. The Morgan fingerprint density at radius 3 is 2.57 bits per heavy atom. The van der Waals surface area contributed by atoms with Crippen LogP contribution >= 0.6 is 0 Å². The zero-order valence-electron chi connectivity index (χ0n) is 11.5. The standard InChI is InChI=1S/C14H11F2N3O3S/c15-9-6-5-8(7-10(9)16)17-14(20)13-18-11-3-1-2-4-12(11)23(21,22)19-13/h1-7,13,18-19H,(H,17,20)/t13-/m0/s1. The highest BCUT2D eigenvalue weighted by atomic mass is 32.2. The molecule has 1 heterocycles. The molecule has 120 valence electrons. The first-order valence-electron chi connectivity index (χ1n) is 6.51. The van der Waals surface area contributed by atoms with E-state index in [0.29, 0.717) is 0 Å². The second kappa shape index (κ2) is 5.60. The Balaban J connectivity index is 1.83. The predicted molar refractivity (Wildman–Crippen MR) is 79.2 cm³/mol. The van der Waals surface area contributed by atoms with Crippen molar-refractivity contribution < 1.29 is 22.0 Å². The highest BCUT2D eigenvalue weighted by Crippen LogP contribution is 2.25. The summed E-state index contributed by atoms with van der Waals surface area (Å²) in [5.74, 6) is -2.92. The summed E-state index contributed by atoms with van der Waals surface area (Å²) in [5, 5.41) is 5.04. The van der Waals surface area contributed by atoms with Gasteiger partial charge < -0.3 is 10.6 Å². The summed E-state index contributed by atoms with van der Waals surface area (Å²) in [6.07, 6.45) is -1.27. The zero-order valence-corrected chi connectivity index (χ0v) is 12.3. The lowest BCUT2D eigenvalue weighted by Crippen LogP contribution is -2.51. The van der Waals surface area contributed by atoms with Gasteiger partial charge in [-0.15, -0.1) is 0 Å². The number of hydrogen-bond donors (Lipinski definition) is 3. The summed E-state index contributed by atoms with van der Waals surface area (Å²) in [5.41, 5.74) is 0.283. The van der Waals surface area contributed by atoms with Crippen LogP contribution in [0.5, 0.6) is 0 Å². The second-order valence-electron chi connectivity index (χ2n) is 4.81. The van der Waals surface area contributed by atoms with E-state index < -0.39 is 33.7 Å². The van der Waals surface area contributed by atoms with Crippen molar-refractivity contribution >= 4 is 27.3 Å². The average molecular weight is 339 g/mol. The lowest BCUT2D eigenvalue weighted by Gasteiger charge is -2.27. The van der Waals surface area contributed by atoms with E-state index in [9.17, 15) is 22.0 Å². The first-order valence-corrected chi connectivity index (χ1v) is 7.99. The third-order valence-electron chi connectivity index (χ3n) is 3.20. The minimum absolute atomic E-state index is 0.00811. The number of carbonyl (C=O) groups is 1. The van der Waals surface area contributed by atoms with Crippen molar-refractivity contribution in [2.75, 3.05) is 10.6 Å². The van der Waals surface area contributed by atoms with E-state index in [4.69, 9.17) is 0 Å². The fourth-order valence-corrected chi connectivity index (χ4v) is 3.41. The molecular formula is C14H11F2N3O3S. The Morgan fingerprint density at radius 2 is 1.83 bits per heavy atom. The Morgan fingerprint density at radius 1 is 1.09 bits per heavy atom. The van der Waals surface area contributed by atoms with Gasteiger partial charge >= 0.3 is 0 Å². The number of nitrogens with one attached hydrogen (secondary N) is 3.